The molecule has 1 fully saturated rings. The van der Waals surface area contributed by atoms with Crippen LogP contribution in [-0.2, 0) is 0 Å². The summed E-state index contributed by atoms with van der Waals surface area (Å²) in [6.45, 7) is 0. The molecule has 0 heterocycles. The molecule has 98 valence electrons. The molecule has 1 aliphatic carbocycles. The first-order valence-electron chi connectivity index (χ1n) is 6.51. The van der Waals surface area contributed by atoms with Crippen LogP contribution in [0.25, 0.3) is 0 Å². The van der Waals surface area contributed by atoms with Crippen LogP contribution in [0.4, 0.5) is 0 Å². The number of carbonyl (C=O) groups is 1. The molecule has 18 heavy (non-hydrogen) atoms. The van der Waals surface area contributed by atoms with Gasteiger partial charge in [-0.2, -0.15) is 0 Å². The molecular weight excluding hydrogens is 228 g/mol. The van der Waals surface area contributed by atoms with E-state index in [4.69, 9.17) is 9.47 Å². The lowest BCUT2D eigenvalue weighted by atomic mass is 9.83. The average molecular weight is 248 g/mol. The normalized spacial score (nSPS) is 16.3. The van der Waals surface area contributed by atoms with Crippen LogP contribution in [-0.4, -0.2) is 20.5 Å². The highest BCUT2D eigenvalue weighted by molar-refractivity contribution is 5.84. The van der Waals surface area contributed by atoms with Crippen molar-refractivity contribution in [2.45, 2.75) is 38.0 Å². The number of hydrogen-bond acceptors (Lipinski definition) is 3. The molecule has 0 bridgehead atoms. The van der Waals surface area contributed by atoms with E-state index in [0.29, 0.717) is 23.0 Å². The van der Waals surface area contributed by atoms with E-state index in [9.17, 15) is 4.79 Å². The molecule has 3 heteroatoms. The molecule has 1 aromatic carbocycles. The zero-order chi connectivity index (χ0) is 13.0. The Hall–Kier alpha value is -1.51. The first kappa shape index (κ1) is 12.9. The lowest BCUT2D eigenvalue weighted by Crippen LogP contribution is -2.06. The van der Waals surface area contributed by atoms with Crippen molar-refractivity contribution in [3.8, 4) is 11.5 Å². The molecule has 0 amide bonds. The van der Waals surface area contributed by atoms with Gasteiger partial charge in [0, 0.05) is 0 Å². The van der Waals surface area contributed by atoms with E-state index in [1.807, 2.05) is 12.1 Å². The van der Waals surface area contributed by atoms with E-state index in [1.54, 1.807) is 14.2 Å². The maximum absolute atomic E-state index is 11.1. The second-order valence-electron chi connectivity index (χ2n) is 4.79. The number of methoxy groups -OCH3 is 2. The molecule has 0 spiro atoms. The number of carbonyl (C=O) groups excluding carboxylic acids is 1. The second-order valence-corrected chi connectivity index (χ2v) is 4.79. The lowest BCUT2D eigenvalue weighted by Gasteiger charge is -2.23. The summed E-state index contributed by atoms with van der Waals surface area (Å²) in [5, 5.41) is 0. The van der Waals surface area contributed by atoms with Gasteiger partial charge in [0.15, 0.2) is 6.29 Å². The van der Waals surface area contributed by atoms with Crippen LogP contribution in [0, 0.1) is 0 Å². The number of ether oxygens (including phenoxy) is 2. The molecule has 0 aliphatic heterocycles. The first-order chi connectivity index (χ1) is 8.80. The molecule has 1 saturated carbocycles. The predicted molar refractivity (Wildman–Crippen MR) is 70.8 cm³/mol. The molecule has 0 saturated heterocycles. The van der Waals surface area contributed by atoms with Gasteiger partial charge in [0.2, 0.25) is 0 Å². The summed E-state index contributed by atoms with van der Waals surface area (Å²) in [5.74, 6) is 1.80. The molecule has 2 rings (SSSR count). The third-order valence-corrected chi connectivity index (χ3v) is 3.76. The zero-order valence-corrected chi connectivity index (χ0v) is 11.1. The molecule has 0 radical (unpaired) electrons. The molecule has 0 atom stereocenters. The van der Waals surface area contributed by atoms with Gasteiger partial charge in [0.05, 0.1) is 19.8 Å². The van der Waals surface area contributed by atoms with Crippen LogP contribution in [0.5, 0.6) is 11.5 Å². The Kier molecular flexibility index (Phi) is 4.24. The largest absolute Gasteiger partial charge is 0.496 e. The van der Waals surface area contributed by atoms with Crippen molar-refractivity contribution in [3.05, 3.63) is 23.3 Å². The van der Waals surface area contributed by atoms with Gasteiger partial charge in [-0.25, -0.2) is 0 Å². The zero-order valence-electron chi connectivity index (χ0n) is 11.1. The summed E-state index contributed by atoms with van der Waals surface area (Å²) >= 11 is 0. The van der Waals surface area contributed by atoms with Crippen LogP contribution in [0.1, 0.15) is 53.9 Å². The fourth-order valence-corrected chi connectivity index (χ4v) is 2.75. The second kappa shape index (κ2) is 5.89. The topological polar surface area (TPSA) is 35.5 Å². The Balaban J connectivity index is 2.38. The molecule has 0 unspecified atom stereocenters. The highest BCUT2D eigenvalue weighted by Crippen LogP contribution is 2.38. The molecule has 0 aromatic heterocycles. The maximum Gasteiger partial charge on any atom is 0.157 e. The number of rotatable bonds is 4. The van der Waals surface area contributed by atoms with Crippen LogP contribution in [0.3, 0.4) is 0 Å². The van der Waals surface area contributed by atoms with Crippen molar-refractivity contribution >= 4 is 6.29 Å². The highest BCUT2D eigenvalue weighted by Gasteiger charge is 2.19. The van der Waals surface area contributed by atoms with Gasteiger partial charge >= 0.3 is 0 Å². The van der Waals surface area contributed by atoms with E-state index >= 15 is 0 Å². The van der Waals surface area contributed by atoms with Gasteiger partial charge in [-0.05, 0) is 36.5 Å². The van der Waals surface area contributed by atoms with Crippen LogP contribution < -0.4 is 9.47 Å². The third kappa shape index (κ3) is 2.50. The number of aldehydes is 1. The quantitative estimate of drug-likeness (QED) is 0.764. The van der Waals surface area contributed by atoms with Crippen LogP contribution in [0.15, 0.2) is 12.1 Å². The lowest BCUT2D eigenvalue weighted by molar-refractivity contribution is 0.111. The Morgan fingerprint density at radius 1 is 1.06 bits per heavy atom. The van der Waals surface area contributed by atoms with E-state index in [1.165, 1.54) is 37.7 Å². The summed E-state index contributed by atoms with van der Waals surface area (Å²) in [4.78, 5) is 11.1. The molecular formula is C15H20O3. The van der Waals surface area contributed by atoms with Crippen molar-refractivity contribution in [2.24, 2.45) is 0 Å². The van der Waals surface area contributed by atoms with Crippen molar-refractivity contribution in [1.82, 2.24) is 0 Å². The predicted octanol–water partition coefficient (Wildman–Crippen LogP) is 3.56. The Morgan fingerprint density at radius 3 is 2.06 bits per heavy atom. The summed E-state index contributed by atoms with van der Waals surface area (Å²) in [6.07, 6.45) is 7.12. The fraction of sp³-hybridized carbons (Fsp3) is 0.533. The fourth-order valence-electron chi connectivity index (χ4n) is 2.75. The SMILES string of the molecule is COc1cc(C2CCCCC2)cc(OC)c1C=O. The Labute approximate surface area is 108 Å². The van der Waals surface area contributed by atoms with E-state index < -0.39 is 0 Å². The molecule has 3 nitrogen and oxygen atoms in total. The molecule has 1 aromatic rings. The number of benzene rings is 1. The highest BCUT2D eigenvalue weighted by atomic mass is 16.5. The Bertz CT molecular complexity index is 395. The van der Waals surface area contributed by atoms with E-state index in [-0.39, 0.29) is 0 Å². The number of hydrogen-bond donors (Lipinski definition) is 0. The van der Waals surface area contributed by atoms with Crippen molar-refractivity contribution in [2.75, 3.05) is 14.2 Å². The van der Waals surface area contributed by atoms with E-state index in [2.05, 4.69) is 0 Å². The molecule has 1 aliphatic rings. The van der Waals surface area contributed by atoms with E-state index in [0.717, 1.165) is 6.29 Å². The van der Waals surface area contributed by atoms with Crippen LogP contribution >= 0.6 is 0 Å². The van der Waals surface area contributed by atoms with Gasteiger partial charge in [0.1, 0.15) is 11.5 Å². The van der Waals surface area contributed by atoms with Crippen molar-refractivity contribution in [1.29, 1.82) is 0 Å². The maximum atomic E-state index is 11.1. The van der Waals surface area contributed by atoms with Gasteiger partial charge in [0.25, 0.3) is 0 Å². The first-order valence-corrected chi connectivity index (χ1v) is 6.51. The molecule has 0 N–H and O–H groups in total. The monoisotopic (exact) mass is 248 g/mol. The van der Waals surface area contributed by atoms with Crippen molar-refractivity contribution in [3.63, 3.8) is 0 Å². The minimum atomic E-state index is 0.500. The minimum Gasteiger partial charge on any atom is -0.496 e. The summed E-state index contributed by atoms with van der Waals surface area (Å²) in [6, 6.07) is 3.98. The summed E-state index contributed by atoms with van der Waals surface area (Å²) in [7, 11) is 3.18. The third-order valence-electron chi connectivity index (χ3n) is 3.76. The van der Waals surface area contributed by atoms with Gasteiger partial charge in [-0.15, -0.1) is 0 Å². The van der Waals surface area contributed by atoms with Crippen LogP contribution in [0.2, 0.25) is 0 Å². The van der Waals surface area contributed by atoms with Gasteiger partial charge in [-0.3, -0.25) is 4.79 Å². The van der Waals surface area contributed by atoms with Gasteiger partial charge in [-0.1, -0.05) is 19.3 Å². The van der Waals surface area contributed by atoms with Crippen molar-refractivity contribution < 1.29 is 14.3 Å². The average Bonchev–Trinajstić information content (AvgIpc) is 2.46. The summed E-state index contributed by atoms with van der Waals surface area (Å²) in [5.41, 5.74) is 1.73. The minimum absolute atomic E-state index is 0.500. The van der Waals surface area contributed by atoms with Gasteiger partial charge < -0.3 is 9.47 Å². The standard InChI is InChI=1S/C15H20O3/c1-17-14-8-12(11-6-4-3-5-7-11)9-15(18-2)13(14)10-16/h8-11H,3-7H2,1-2H3. The smallest absolute Gasteiger partial charge is 0.157 e. The Morgan fingerprint density at radius 2 is 1.61 bits per heavy atom. The summed E-state index contributed by atoms with van der Waals surface area (Å²) < 4.78 is 10.6.